The molecule has 0 spiro atoms. The molecule has 5 nitrogen and oxygen atoms in total. The van der Waals surface area contributed by atoms with E-state index in [2.05, 4.69) is 5.32 Å². The van der Waals surface area contributed by atoms with Crippen molar-refractivity contribution in [3.63, 3.8) is 0 Å². The van der Waals surface area contributed by atoms with E-state index in [-0.39, 0.29) is 4.90 Å². The summed E-state index contributed by atoms with van der Waals surface area (Å²) in [4.78, 5) is 12.3. The molecule has 6 heteroatoms. The second-order valence-corrected chi connectivity index (χ2v) is 5.45. The fourth-order valence-corrected chi connectivity index (χ4v) is 2.71. The number of hydrogen-bond acceptors (Lipinski definition) is 3. The van der Waals surface area contributed by atoms with Gasteiger partial charge in [0.15, 0.2) is 16.7 Å². The number of anilines is 1. The highest BCUT2D eigenvalue weighted by atomic mass is 32.2. The third-order valence-corrected chi connectivity index (χ3v) is 4.04. The number of aliphatic hydroxyl groups is 1. The minimum atomic E-state index is -2.09. The zero-order valence-corrected chi connectivity index (χ0v) is 11.1. The predicted molar refractivity (Wildman–Crippen MR) is 73.5 cm³/mol. The Balaban J connectivity index is 2.12. The molecule has 0 bridgehead atoms. The average Bonchev–Trinajstić information content (AvgIpc) is 2.72. The van der Waals surface area contributed by atoms with Crippen molar-refractivity contribution in [2.24, 2.45) is 0 Å². The molecule has 0 aromatic heterocycles. The molecule has 1 amide bonds. The van der Waals surface area contributed by atoms with Gasteiger partial charge in [-0.2, -0.15) is 0 Å². The lowest BCUT2D eigenvalue weighted by Crippen LogP contribution is -2.35. The molecule has 0 fully saturated rings. The van der Waals surface area contributed by atoms with Crippen LogP contribution in [-0.4, -0.2) is 19.8 Å². The number of carbonyl (C=O) groups is 1. The van der Waals surface area contributed by atoms with Crippen LogP contribution in [0.1, 0.15) is 11.1 Å². The summed E-state index contributed by atoms with van der Waals surface area (Å²) >= 11 is -2.09. The van der Waals surface area contributed by atoms with E-state index in [1.807, 2.05) is 0 Å². The van der Waals surface area contributed by atoms with E-state index in [1.165, 1.54) is 24.3 Å². The van der Waals surface area contributed by atoms with Gasteiger partial charge >= 0.3 is 0 Å². The molecular weight excluding hydrogens is 278 g/mol. The zero-order valence-electron chi connectivity index (χ0n) is 10.2. The molecule has 0 saturated heterocycles. The van der Waals surface area contributed by atoms with E-state index in [9.17, 15) is 14.1 Å². The molecule has 0 radical (unpaired) electrons. The normalized spacial score (nSPS) is 22.2. The van der Waals surface area contributed by atoms with Crippen molar-refractivity contribution >= 4 is 22.7 Å². The number of rotatable bonds is 2. The fourth-order valence-electron chi connectivity index (χ4n) is 2.34. The first-order chi connectivity index (χ1) is 9.53. The van der Waals surface area contributed by atoms with E-state index >= 15 is 0 Å². The van der Waals surface area contributed by atoms with Gasteiger partial charge in [0, 0.05) is 11.3 Å². The van der Waals surface area contributed by atoms with Crippen LogP contribution in [0.2, 0.25) is 0 Å². The second-order valence-electron chi connectivity index (χ2n) is 4.48. The van der Waals surface area contributed by atoms with Crippen molar-refractivity contribution in [1.29, 1.82) is 0 Å². The number of amides is 1. The second kappa shape index (κ2) is 4.52. The summed E-state index contributed by atoms with van der Waals surface area (Å²) < 4.78 is 19.9. The van der Waals surface area contributed by atoms with Crippen LogP contribution in [0.3, 0.4) is 0 Å². The summed E-state index contributed by atoms with van der Waals surface area (Å²) in [6, 6.07) is 12.7. The van der Waals surface area contributed by atoms with Crippen molar-refractivity contribution in [2.45, 2.75) is 10.5 Å². The van der Waals surface area contributed by atoms with Crippen molar-refractivity contribution in [3.05, 3.63) is 59.7 Å². The van der Waals surface area contributed by atoms with Gasteiger partial charge in [-0.1, -0.05) is 30.3 Å². The predicted octanol–water partition coefficient (Wildman–Crippen LogP) is 1.46. The van der Waals surface area contributed by atoms with Crippen LogP contribution in [0, 0.1) is 0 Å². The monoisotopic (exact) mass is 289 g/mol. The average molecular weight is 289 g/mol. The maximum Gasteiger partial charge on any atom is 0.265 e. The number of fused-ring (bicyclic) bond motifs is 1. The van der Waals surface area contributed by atoms with E-state index in [0.29, 0.717) is 16.8 Å². The van der Waals surface area contributed by atoms with Gasteiger partial charge in [0.05, 0.1) is 4.90 Å². The highest BCUT2D eigenvalue weighted by molar-refractivity contribution is 7.79. The molecule has 1 heterocycles. The van der Waals surface area contributed by atoms with Crippen LogP contribution in [0.5, 0.6) is 0 Å². The van der Waals surface area contributed by atoms with Gasteiger partial charge in [0.1, 0.15) is 0 Å². The first kappa shape index (κ1) is 13.0. The van der Waals surface area contributed by atoms with Gasteiger partial charge in [-0.3, -0.25) is 4.79 Å². The van der Waals surface area contributed by atoms with Crippen LogP contribution in [-0.2, 0) is 21.5 Å². The lowest BCUT2D eigenvalue weighted by Gasteiger charge is -2.21. The topological polar surface area (TPSA) is 86.6 Å². The van der Waals surface area contributed by atoms with Crippen LogP contribution >= 0.6 is 0 Å². The molecule has 3 rings (SSSR count). The summed E-state index contributed by atoms with van der Waals surface area (Å²) in [6.07, 6.45) is 0. The number of benzene rings is 2. The molecule has 2 aromatic rings. The Labute approximate surface area is 117 Å². The summed E-state index contributed by atoms with van der Waals surface area (Å²) in [7, 11) is 0. The molecule has 2 unspecified atom stereocenters. The Morgan fingerprint density at radius 1 is 1.05 bits per heavy atom. The molecule has 3 N–H and O–H groups in total. The molecule has 1 aliphatic rings. The Kier molecular flexibility index (Phi) is 2.93. The standard InChI is InChI=1S/C14H11NO4S/c16-13-14(17,11-3-1-2-4-12(11)15-13)9-5-7-10(8-6-9)20(18)19/h1-8,17H,(H,15,16)(H,18,19). The van der Waals surface area contributed by atoms with Gasteiger partial charge in [-0.05, 0) is 23.8 Å². The lowest BCUT2D eigenvalue weighted by molar-refractivity contribution is -0.129. The molecule has 0 aliphatic carbocycles. The van der Waals surface area contributed by atoms with Gasteiger partial charge in [-0.25, -0.2) is 4.21 Å². The van der Waals surface area contributed by atoms with Crippen LogP contribution in [0.15, 0.2) is 53.4 Å². The molecule has 1 aliphatic heterocycles. The lowest BCUT2D eigenvalue weighted by atomic mass is 9.88. The highest BCUT2D eigenvalue weighted by Gasteiger charge is 2.46. The van der Waals surface area contributed by atoms with Crippen molar-refractivity contribution < 1.29 is 18.7 Å². The van der Waals surface area contributed by atoms with E-state index in [1.54, 1.807) is 24.3 Å². The van der Waals surface area contributed by atoms with E-state index in [0.717, 1.165) is 0 Å². The summed E-state index contributed by atoms with van der Waals surface area (Å²) in [6.45, 7) is 0. The minimum Gasteiger partial charge on any atom is -0.372 e. The number of carbonyl (C=O) groups excluding carboxylic acids is 1. The Morgan fingerprint density at radius 3 is 2.35 bits per heavy atom. The maximum atomic E-state index is 12.1. The molecule has 2 atom stereocenters. The molecule has 102 valence electrons. The highest BCUT2D eigenvalue weighted by Crippen LogP contribution is 2.40. The van der Waals surface area contributed by atoms with E-state index in [4.69, 9.17) is 4.55 Å². The molecular formula is C14H11NO4S. The number of hydrogen-bond donors (Lipinski definition) is 3. The largest absolute Gasteiger partial charge is 0.372 e. The summed E-state index contributed by atoms with van der Waals surface area (Å²) in [5.74, 6) is -0.531. The van der Waals surface area contributed by atoms with Gasteiger partial charge < -0.3 is 15.0 Å². The maximum absolute atomic E-state index is 12.1. The third-order valence-electron chi connectivity index (χ3n) is 3.37. The smallest absolute Gasteiger partial charge is 0.265 e. The summed E-state index contributed by atoms with van der Waals surface area (Å²) in [5, 5.41) is 13.4. The quantitative estimate of drug-likeness (QED) is 0.730. The van der Waals surface area contributed by atoms with Crippen molar-refractivity contribution in [3.8, 4) is 0 Å². The Bertz CT molecular complexity index is 713. The molecule has 0 saturated carbocycles. The first-order valence-corrected chi connectivity index (χ1v) is 6.99. The first-order valence-electron chi connectivity index (χ1n) is 5.88. The molecule has 2 aromatic carbocycles. The SMILES string of the molecule is O=C1Nc2ccccc2C1(O)c1ccc(S(=O)O)cc1. The zero-order chi connectivity index (χ0) is 14.3. The molecule has 20 heavy (non-hydrogen) atoms. The van der Waals surface area contributed by atoms with Crippen LogP contribution < -0.4 is 5.32 Å². The van der Waals surface area contributed by atoms with Crippen LogP contribution in [0.25, 0.3) is 0 Å². The third kappa shape index (κ3) is 1.77. The van der Waals surface area contributed by atoms with E-state index < -0.39 is 22.6 Å². The van der Waals surface area contributed by atoms with Gasteiger partial charge in [0.2, 0.25) is 0 Å². The minimum absolute atomic E-state index is 0.212. The van der Waals surface area contributed by atoms with Crippen molar-refractivity contribution in [1.82, 2.24) is 0 Å². The number of nitrogens with one attached hydrogen (secondary N) is 1. The Morgan fingerprint density at radius 2 is 1.70 bits per heavy atom. The van der Waals surface area contributed by atoms with Crippen molar-refractivity contribution in [2.75, 3.05) is 5.32 Å². The van der Waals surface area contributed by atoms with Gasteiger partial charge in [-0.15, -0.1) is 0 Å². The van der Waals surface area contributed by atoms with Gasteiger partial charge in [0.25, 0.3) is 5.91 Å². The number of para-hydroxylation sites is 1. The summed E-state index contributed by atoms with van der Waals surface area (Å²) in [5.41, 5.74) is -0.377. The fraction of sp³-hybridized carbons (Fsp3) is 0.0714. The Hall–Kier alpha value is -2.02. The van der Waals surface area contributed by atoms with Crippen LogP contribution in [0.4, 0.5) is 5.69 Å².